The fourth-order valence-electron chi connectivity index (χ4n) is 4.15. The molecular formula is C24H26ClN3O3. The highest BCUT2D eigenvalue weighted by atomic mass is 35.5. The molecule has 1 amide bonds. The van der Waals surface area contributed by atoms with Crippen molar-refractivity contribution in [1.82, 2.24) is 14.8 Å². The maximum absolute atomic E-state index is 12.5. The Morgan fingerprint density at radius 3 is 2.61 bits per heavy atom. The van der Waals surface area contributed by atoms with Gasteiger partial charge in [-0.1, -0.05) is 23.7 Å². The van der Waals surface area contributed by atoms with Gasteiger partial charge in [0.1, 0.15) is 5.60 Å². The van der Waals surface area contributed by atoms with E-state index in [1.807, 2.05) is 57.2 Å². The summed E-state index contributed by atoms with van der Waals surface area (Å²) < 4.78 is 5.53. The average Bonchev–Trinajstić information content (AvgIpc) is 2.86. The molecule has 4 rings (SSSR count). The third kappa shape index (κ3) is 4.50. The van der Waals surface area contributed by atoms with Gasteiger partial charge >= 0.3 is 6.09 Å². The van der Waals surface area contributed by atoms with E-state index < -0.39 is 5.60 Å². The number of nitrogens with zero attached hydrogens (tertiary/aromatic N) is 3. The fourth-order valence-corrected chi connectivity index (χ4v) is 4.32. The van der Waals surface area contributed by atoms with Crippen LogP contribution in [-0.2, 0) is 9.53 Å². The Balaban J connectivity index is 1.67. The highest BCUT2D eigenvalue weighted by Crippen LogP contribution is 2.39. The molecule has 1 aromatic carbocycles. The Bertz CT molecular complexity index is 1040. The van der Waals surface area contributed by atoms with Crippen LogP contribution >= 0.6 is 11.6 Å². The van der Waals surface area contributed by atoms with Crippen LogP contribution in [0.5, 0.6) is 0 Å². The van der Waals surface area contributed by atoms with Crippen LogP contribution in [0.3, 0.4) is 0 Å². The summed E-state index contributed by atoms with van der Waals surface area (Å²) in [5.41, 5.74) is 3.69. The number of aromatic nitrogens is 1. The highest BCUT2D eigenvalue weighted by Gasteiger charge is 2.34. The summed E-state index contributed by atoms with van der Waals surface area (Å²) in [4.78, 5) is 33.1. The lowest BCUT2D eigenvalue weighted by Crippen LogP contribution is -2.51. The second kappa shape index (κ2) is 8.44. The molecule has 1 aromatic heterocycles. The normalized spacial score (nSPS) is 19.0. The van der Waals surface area contributed by atoms with Crippen LogP contribution in [0.2, 0.25) is 5.02 Å². The van der Waals surface area contributed by atoms with Gasteiger partial charge in [-0.2, -0.15) is 0 Å². The fraction of sp³-hybridized carbons (Fsp3) is 0.375. The molecule has 1 aliphatic heterocycles. The van der Waals surface area contributed by atoms with Crippen LogP contribution in [0.1, 0.15) is 49.2 Å². The Kier molecular flexibility index (Phi) is 5.86. The number of fused-ring (bicyclic) bond motifs is 2. The lowest BCUT2D eigenvalue weighted by Gasteiger charge is -2.40. The number of hydrogen-bond donors (Lipinski definition) is 0. The van der Waals surface area contributed by atoms with Gasteiger partial charge in [0.15, 0.2) is 6.29 Å². The van der Waals surface area contributed by atoms with Crippen LogP contribution in [-0.4, -0.2) is 58.9 Å². The van der Waals surface area contributed by atoms with Gasteiger partial charge in [-0.15, -0.1) is 0 Å². The molecule has 2 aromatic rings. The Labute approximate surface area is 187 Å². The second-order valence-corrected chi connectivity index (χ2v) is 9.27. The number of aldehydes is 1. The van der Waals surface area contributed by atoms with Crippen LogP contribution in [0.4, 0.5) is 4.79 Å². The van der Waals surface area contributed by atoms with E-state index >= 15 is 0 Å². The first-order valence-corrected chi connectivity index (χ1v) is 10.8. The molecule has 2 aliphatic rings. The van der Waals surface area contributed by atoms with E-state index in [2.05, 4.69) is 9.88 Å². The molecule has 0 unspecified atom stereocenters. The summed E-state index contributed by atoms with van der Waals surface area (Å²) in [6, 6.07) is 9.37. The third-order valence-corrected chi connectivity index (χ3v) is 5.76. The molecule has 2 heterocycles. The minimum Gasteiger partial charge on any atom is -0.444 e. The number of pyridine rings is 1. The SMILES string of the molecule is CC(C)(C)OC(=O)N1CCN([C@H]2c3ccc(Cl)cc3C(C=O)=Cc3cccnc32)CC1. The Hall–Kier alpha value is -2.70. The van der Waals surface area contributed by atoms with Crippen molar-refractivity contribution in [2.24, 2.45) is 0 Å². The maximum atomic E-state index is 12.5. The summed E-state index contributed by atoms with van der Waals surface area (Å²) >= 11 is 6.27. The van der Waals surface area contributed by atoms with Gasteiger partial charge in [0.05, 0.1) is 11.7 Å². The maximum Gasteiger partial charge on any atom is 0.410 e. The van der Waals surface area contributed by atoms with Gasteiger partial charge < -0.3 is 9.64 Å². The van der Waals surface area contributed by atoms with Crippen molar-refractivity contribution in [3.05, 3.63) is 63.9 Å². The minimum atomic E-state index is -0.520. The lowest BCUT2D eigenvalue weighted by atomic mass is 9.94. The number of piperazine rings is 1. The number of hydrogen-bond acceptors (Lipinski definition) is 5. The van der Waals surface area contributed by atoms with E-state index in [1.165, 1.54) is 0 Å². The topological polar surface area (TPSA) is 62.7 Å². The van der Waals surface area contributed by atoms with Gasteiger partial charge in [0.25, 0.3) is 0 Å². The summed E-state index contributed by atoms with van der Waals surface area (Å²) in [5, 5.41) is 0.582. The summed E-state index contributed by atoms with van der Waals surface area (Å²) in [7, 11) is 0. The van der Waals surface area contributed by atoms with E-state index in [1.54, 1.807) is 11.1 Å². The largest absolute Gasteiger partial charge is 0.444 e. The van der Waals surface area contributed by atoms with Crippen LogP contribution in [0.15, 0.2) is 36.5 Å². The minimum absolute atomic E-state index is 0.141. The standard InChI is InChI=1S/C24H26ClN3O3/c1-24(2,3)31-23(30)28-11-9-27(10-12-28)22-19-7-6-18(25)14-20(19)17(15-29)13-16-5-4-8-26-21(16)22/h4-8,13-15,22H,9-12H2,1-3H3/t22-/m0/s1. The monoisotopic (exact) mass is 439 g/mol. The number of allylic oxidation sites excluding steroid dienone is 1. The number of carbonyl (C=O) groups excluding carboxylic acids is 2. The Morgan fingerprint density at radius 2 is 1.94 bits per heavy atom. The predicted molar refractivity (Wildman–Crippen MR) is 121 cm³/mol. The van der Waals surface area contributed by atoms with Gasteiger partial charge in [-0.25, -0.2) is 4.79 Å². The highest BCUT2D eigenvalue weighted by molar-refractivity contribution is 6.31. The van der Waals surface area contributed by atoms with Crippen molar-refractivity contribution in [2.45, 2.75) is 32.4 Å². The number of amides is 1. The molecule has 1 fully saturated rings. The zero-order chi connectivity index (χ0) is 22.2. The lowest BCUT2D eigenvalue weighted by molar-refractivity contribution is -0.103. The van der Waals surface area contributed by atoms with Crippen molar-refractivity contribution in [1.29, 1.82) is 0 Å². The molecule has 1 atom stereocenters. The first kappa shape index (κ1) is 21.5. The third-order valence-electron chi connectivity index (χ3n) is 5.52. The van der Waals surface area contributed by atoms with Gasteiger partial charge in [-0.3, -0.25) is 14.7 Å². The zero-order valence-electron chi connectivity index (χ0n) is 18.0. The molecule has 1 aliphatic carbocycles. The molecule has 0 radical (unpaired) electrons. The quantitative estimate of drug-likeness (QED) is 0.648. The second-order valence-electron chi connectivity index (χ2n) is 8.83. The number of carbonyl (C=O) groups is 2. The summed E-state index contributed by atoms with van der Waals surface area (Å²) in [6.07, 6.45) is 4.23. The van der Waals surface area contributed by atoms with Crippen molar-refractivity contribution in [3.8, 4) is 0 Å². The molecule has 0 bridgehead atoms. The molecule has 0 spiro atoms. The molecule has 7 heteroatoms. The summed E-state index contributed by atoms with van der Waals surface area (Å²) in [5.74, 6) is 0. The first-order chi connectivity index (χ1) is 14.8. The van der Waals surface area contributed by atoms with Gasteiger partial charge in [0.2, 0.25) is 0 Å². The van der Waals surface area contributed by atoms with Gasteiger partial charge in [0, 0.05) is 43.0 Å². The number of halogens is 1. The molecule has 162 valence electrons. The molecule has 31 heavy (non-hydrogen) atoms. The molecule has 1 saturated heterocycles. The van der Waals surface area contributed by atoms with E-state index in [-0.39, 0.29) is 12.1 Å². The van der Waals surface area contributed by atoms with Crippen molar-refractivity contribution in [3.63, 3.8) is 0 Å². The number of ether oxygens (including phenoxy) is 1. The first-order valence-electron chi connectivity index (χ1n) is 10.4. The Morgan fingerprint density at radius 1 is 1.19 bits per heavy atom. The number of benzene rings is 1. The average molecular weight is 440 g/mol. The summed E-state index contributed by atoms with van der Waals surface area (Å²) in [6.45, 7) is 8.06. The van der Waals surface area contributed by atoms with E-state index in [9.17, 15) is 9.59 Å². The van der Waals surface area contributed by atoms with E-state index in [0.29, 0.717) is 36.8 Å². The predicted octanol–water partition coefficient (Wildman–Crippen LogP) is 4.43. The molecule has 6 nitrogen and oxygen atoms in total. The van der Waals surface area contributed by atoms with E-state index in [0.717, 1.165) is 28.7 Å². The van der Waals surface area contributed by atoms with Crippen LogP contribution in [0, 0.1) is 0 Å². The van der Waals surface area contributed by atoms with E-state index in [4.69, 9.17) is 16.3 Å². The molecular weight excluding hydrogens is 414 g/mol. The van der Waals surface area contributed by atoms with Crippen molar-refractivity contribution >= 4 is 35.6 Å². The smallest absolute Gasteiger partial charge is 0.410 e. The van der Waals surface area contributed by atoms with Crippen LogP contribution in [0.25, 0.3) is 11.6 Å². The van der Waals surface area contributed by atoms with Gasteiger partial charge in [-0.05, 0) is 61.7 Å². The molecule has 0 N–H and O–H groups in total. The zero-order valence-corrected chi connectivity index (χ0v) is 18.7. The van der Waals surface area contributed by atoms with Crippen molar-refractivity contribution < 1.29 is 14.3 Å². The van der Waals surface area contributed by atoms with Crippen molar-refractivity contribution in [2.75, 3.05) is 26.2 Å². The van der Waals surface area contributed by atoms with Crippen LogP contribution < -0.4 is 0 Å². The number of rotatable bonds is 2. The molecule has 0 saturated carbocycles.